The van der Waals surface area contributed by atoms with Crippen molar-refractivity contribution in [2.45, 2.75) is 4.90 Å². The average Bonchev–Trinajstić information content (AvgIpc) is 2.64. The van der Waals surface area contributed by atoms with E-state index in [2.05, 4.69) is 9.97 Å². The molecule has 1 heterocycles. The molecule has 0 spiro atoms. The second-order valence-electron chi connectivity index (χ2n) is 5.47. The maximum atomic E-state index is 13.7. The molecule has 0 saturated heterocycles. The van der Waals surface area contributed by atoms with Crippen molar-refractivity contribution in [1.82, 2.24) is 9.97 Å². The first kappa shape index (κ1) is 20.3. The fraction of sp³-hybridized carbons (Fsp3) is 0. The lowest BCUT2D eigenvalue weighted by Crippen LogP contribution is -2.12. The van der Waals surface area contributed by atoms with Crippen molar-refractivity contribution in [2.75, 3.05) is 0 Å². The van der Waals surface area contributed by atoms with E-state index in [1.807, 2.05) is 0 Å². The summed E-state index contributed by atoms with van der Waals surface area (Å²) in [5.41, 5.74) is 0.265. The third-order valence-electron chi connectivity index (χ3n) is 3.61. The van der Waals surface area contributed by atoms with Crippen molar-refractivity contribution in [3.63, 3.8) is 0 Å². The third kappa shape index (κ3) is 4.49. The summed E-state index contributed by atoms with van der Waals surface area (Å²) < 4.78 is 26.7. The minimum atomic E-state index is -0.760. The summed E-state index contributed by atoms with van der Waals surface area (Å²) in [7, 11) is 0. The molecule has 3 aromatic rings. The Kier molecular flexibility index (Phi) is 6.28. The first-order valence-corrected chi connectivity index (χ1v) is 9.35. The average molecular weight is 438 g/mol. The molecule has 0 saturated carbocycles. The quantitative estimate of drug-likeness (QED) is 0.307. The van der Waals surface area contributed by atoms with E-state index in [0.29, 0.717) is 11.3 Å². The molecule has 0 aliphatic carbocycles. The number of halogens is 4. The van der Waals surface area contributed by atoms with Crippen LogP contribution in [0.15, 0.2) is 58.5 Å². The van der Waals surface area contributed by atoms with Gasteiger partial charge in [0.2, 0.25) is 0 Å². The van der Waals surface area contributed by atoms with Crippen LogP contribution in [0.25, 0.3) is 17.2 Å². The van der Waals surface area contributed by atoms with E-state index in [1.165, 1.54) is 24.5 Å². The monoisotopic (exact) mass is 437 g/mol. The molecule has 3 rings (SSSR count). The molecule has 142 valence electrons. The molecule has 0 fully saturated rings. The predicted octanol–water partition coefficient (Wildman–Crippen LogP) is 5.80. The second-order valence-corrected chi connectivity index (χ2v) is 7.37. The van der Waals surface area contributed by atoms with E-state index in [1.54, 1.807) is 18.2 Å². The number of aromatic nitrogens is 2. The van der Waals surface area contributed by atoms with Crippen molar-refractivity contribution in [2.24, 2.45) is 0 Å². The van der Waals surface area contributed by atoms with Gasteiger partial charge in [0.25, 0.3) is 5.56 Å². The van der Waals surface area contributed by atoms with Crippen LogP contribution in [0.1, 0.15) is 5.69 Å². The Balaban J connectivity index is 1.94. The van der Waals surface area contributed by atoms with E-state index in [4.69, 9.17) is 28.6 Å². The number of hydrogen-bond donors (Lipinski definition) is 2. The van der Waals surface area contributed by atoms with Crippen LogP contribution in [0.2, 0.25) is 10.0 Å². The van der Waals surface area contributed by atoms with Crippen molar-refractivity contribution in [3.8, 4) is 11.1 Å². The maximum Gasteiger partial charge on any atom is 0.281 e. The van der Waals surface area contributed by atoms with Gasteiger partial charge < -0.3 is 4.98 Å². The zero-order chi connectivity index (χ0) is 20.3. The molecular weight excluding hydrogens is 427 g/mol. The summed E-state index contributed by atoms with van der Waals surface area (Å²) in [5.74, 6) is -1.46. The minimum Gasteiger partial charge on any atom is -0.346 e. The van der Waals surface area contributed by atoms with Gasteiger partial charge in [-0.25, -0.2) is 8.78 Å². The molecule has 0 atom stereocenters. The van der Waals surface area contributed by atoms with Gasteiger partial charge in [-0.15, -0.1) is 0 Å². The van der Waals surface area contributed by atoms with Crippen LogP contribution in [-0.4, -0.2) is 15.0 Å². The zero-order valence-corrected chi connectivity index (χ0v) is 16.3. The number of rotatable bonds is 4. The topological polar surface area (TPSA) is 69.6 Å². The number of nitrogens with zero attached hydrogens (tertiary/aromatic N) is 1. The van der Waals surface area contributed by atoms with E-state index >= 15 is 0 Å². The number of nitrogens with one attached hydrogen (secondary N) is 2. The first-order chi connectivity index (χ1) is 13.4. The summed E-state index contributed by atoms with van der Waals surface area (Å²) in [6, 6.07) is 7.95. The van der Waals surface area contributed by atoms with E-state index < -0.39 is 17.2 Å². The number of H-pyrrole nitrogens is 1. The third-order valence-corrected chi connectivity index (χ3v) is 5.15. The highest BCUT2D eigenvalue weighted by molar-refractivity contribution is 8.14. The van der Waals surface area contributed by atoms with Crippen molar-refractivity contribution in [3.05, 3.63) is 86.5 Å². The number of benzene rings is 2. The van der Waals surface area contributed by atoms with Gasteiger partial charge in [-0.05, 0) is 36.4 Å². The molecule has 4 nitrogen and oxygen atoms in total. The lowest BCUT2D eigenvalue weighted by molar-refractivity contribution is 0.566. The molecule has 2 N–H and O–H groups in total. The molecule has 1 aromatic heterocycles. The summed E-state index contributed by atoms with van der Waals surface area (Å²) >= 11 is 13.2. The molecule has 2 aromatic carbocycles. The Bertz CT molecular complexity index is 1130. The van der Waals surface area contributed by atoms with E-state index in [0.717, 1.165) is 23.9 Å². The highest BCUT2D eigenvalue weighted by Gasteiger charge is 2.16. The summed E-state index contributed by atoms with van der Waals surface area (Å²) in [5, 5.41) is 8.52. The van der Waals surface area contributed by atoms with Crippen molar-refractivity contribution >= 4 is 46.1 Å². The molecule has 0 amide bonds. The number of aromatic amines is 1. The van der Waals surface area contributed by atoms with Gasteiger partial charge in [0.05, 0.1) is 32.7 Å². The molecule has 0 unspecified atom stereocenters. The summed E-state index contributed by atoms with van der Waals surface area (Å²) in [4.78, 5) is 19.0. The maximum absolute atomic E-state index is 13.7. The summed E-state index contributed by atoms with van der Waals surface area (Å²) in [6.07, 6.45) is 4.05. The highest BCUT2D eigenvalue weighted by atomic mass is 35.5. The van der Waals surface area contributed by atoms with Crippen LogP contribution in [0.4, 0.5) is 8.78 Å². The lowest BCUT2D eigenvalue weighted by Gasteiger charge is -2.09. The van der Waals surface area contributed by atoms with Crippen LogP contribution < -0.4 is 5.56 Å². The predicted molar refractivity (Wildman–Crippen MR) is 109 cm³/mol. The van der Waals surface area contributed by atoms with Crippen LogP contribution in [0.5, 0.6) is 0 Å². The second kappa shape index (κ2) is 8.68. The number of thioether (sulfide) groups is 1. The molecular formula is C19H11Cl2F2N3OS. The van der Waals surface area contributed by atoms with Gasteiger partial charge >= 0.3 is 0 Å². The largest absolute Gasteiger partial charge is 0.346 e. The SMILES string of the molecule is N=C(/C=C\c1[nH]cnc(=O)c1-c1c(Cl)cccc1Cl)Sc1ccc(F)cc1F. The Morgan fingerprint density at radius 1 is 1.14 bits per heavy atom. The standard InChI is InChI=1S/C19H11Cl2F2N3OS/c20-11-2-1-3-12(21)17(11)18-14(25-9-26-19(18)27)5-7-16(24)28-15-6-4-10(22)8-13(15)23/h1-9,24H,(H,25,26,27)/b7-5-,24-16?. The zero-order valence-electron chi connectivity index (χ0n) is 14.0. The van der Waals surface area contributed by atoms with Crippen molar-refractivity contribution in [1.29, 1.82) is 5.41 Å². The van der Waals surface area contributed by atoms with Gasteiger partial charge in [0, 0.05) is 16.5 Å². The van der Waals surface area contributed by atoms with Crippen molar-refractivity contribution < 1.29 is 8.78 Å². The van der Waals surface area contributed by atoms with Crippen LogP contribution in [0.3, 0.4) is 0 Å². The first-order valence-electron chi connectivity index (χ1n) is 7.78. The van der Waals surface area contributed by atoms with Crippen LogP contribution in [0, 0.1) is 17.0 Å². The smallest absolute Gasteiger partial charge is 0.281 e. The molecule has 0 bridgehead atoms. The minimum absolute atomic E-state index is 0.0284. The molecule has 0 aliphatic heterocycles. The number of hydrogen-bond acceptors (Lipinski definition) is 4. The molecule has 28 heavy (non-hydrogen) atoms. The Labute approximate surface area is 172 Å². The Morgan fingerprint density at radius 2 is 1.86 bits per heavy atom. The highest BCUT2D eigenvalue weighted by Crippen LogP contribution is 2.34. The van der Waals surface area contributed by atoms with Gasteiger partial charge in [-0.2, -0.15) is 4.98 Å². The summed E-state index contributed by atoms with van der Waals surface area (Å²) in [6.45, 7) is 0. The fourth-order valence-corrected chi connectivity index (χ4v) is 3.64. The lowest BCUT2D eigenvalue weighted by atomic mass is 10.0. The van der Waals surface area contributed by atoms with E-state index in [9.17, 15) is 13.6 Å². The van der Waals surface area contributed by atoms with Gasteiger partial charge in [-0.1, -0.05) is 41.0 Å². The van der Waals surface area contributed by atoms with Gasteiger partial charge in [0.1, 0.15) is 11.6 Å². The Hall–Kier alpha value is -2.48. The molecule has 0 aliphatic rings. The molecule has 0 radical (unpaired) electrons. The normalized spacial score (nSPS) is 11.1. The Morgan fingerprint density at radius 3 is 2.54 bits per heavy atom. The van der Waals surface area contributed by atoms with Crippen LogP contribution in [-0.2, 0) is 0 Å². The van der Waals surface area contributed by atoms with Crippen LogP contribution >= 0.6 is 35.0 Å². The van der Waals surface area contributed by atoms with Gasteiger partial charge in [-0.3, -0.25) is 10.2 Å². The fourth-order valence-electron chi connectivity index (χ4n) is 2.39. The molecule has 9 heteroatoms. The van der Waals surface area contributed by atoms with E-state index in [-0.39, 0.29) is 25.5 Å². The van der Waals surface area contributed by atoms with Gasteiger partial charge in [0.15, 0.2) is 0 Å².